The zero-order chi connectivity index (χ0) is 13.8. The Bertz CT molecular complexity index is 423. The van der Waals surface area contributed by atoms with E-state index in [4.69, 9.17) is 0 Å². The minimum atomic E-state index is 0.741. The van der Waals surface area contributed by atoms with Gasteiger partial charge >= 0.3 is 0 Å². The first-order chi connectivity index (χ1) is 9.83. The fourth-order valence-corrected chi connectivity index (χ4v) is 4.07. The molecule has 1 N–H and O–H groups in total. The van der Waals surface area contributed by atoms with Crippen LogP contribution in [0.4, 0.5) is 0 Å². The summed E-state index contributed by atoms with van der Waals surface area (Å²) in [5.74, 6) is 0.752. The van der Waals surface area contributed by atoms with E-state index in [1.807, 2.05) is 0 Å². The van der Waals surface area contributed by atoms with Crippen LogP contribution in [-0.2, 0) is 0 Å². The molecule has 0 atom stereocenters. The quantitative estimate of drug-likeness (QED) is 0.795. The van der Waals surface area contributed by atoms with Gasteiger partial charge in [0.05, 0.1) is 0 Å². The average molecular weight is 337 g/mol. The van der Waals surface area contributed by atoms with Gasteiger partial charge in [0, 0.05) is 10.5 Å². The zero-order valence-corrected chi connectivity index (χ0v) is 13.7. The molecule has 3 rings (SSSR count). The van der Waals surface area contributed by atoms with Gasteiger partial charge in [0.25, 0.3) is 0 Å². The van der Waals surface area contributed by atoms with Crippen molar-refractivity contribution in [2.75, 3.05) is 26.2 Å². The number of benzene rings is 1. The van der Waals surface area contributed by atoms with Crippen LogP contribution in [0.2, 0.25) is 0 Å². The second-order valence-corrected chi connectivity index (χ2v) is 7.10. The summed E-state index contributed by atoms with van der Waals surface area (Å²) in [5, 5.41) is 3.72. The van der Waals surface area contributed by atoms with Gasteiger partial charge in [-0.15, -0.1) is 0 Å². The number of rotatable bonds is 6. The first-order valence-corrected chi connectivity index (χ1v) is 8.82. The summed E-state index contributed by atoms with van der Waals surface area (Å²) < 4.78 is 1.28. The smallest absolute Gasteiger partial charge is 0.0210 e. The number of nitrogens with zero attached hydrogens (tertiary/aromatic N) is 1. The molecule has 1 aliphatic heterocycles. The maximum Gasteiger partial charge on any atom is 0.0210 e. The molecule has 0 amide bonds. The highest BCUT2D eigenvalue weighted by atomic mass is 79.9. The standard InChI is InChI=1S/C17H25BrN2/c18-17-7-2-1-6-16(17)14-12-15(13-14)19-8-5-11-20-9-3-4-10-20/h1-2,6-7,14-15,19H,3-5,8-13H2. The van der Waals surface area contributed by atoms with Gasteiger partial charge in [-0.1, -0.05) is 34.1 Å². The van der Waals surface area contributed by atoms with E-state index in [1.165, 1.54) is 68.3 Å². The minimum Gasteiger partial charge on any atom is -0.314 e. The first kappa shape index (κ1) is 14.6. The largest absolute Gasteiger partial charge is 0.314 e. The van der Waals surface area contributed by atoms with Gasteiger partial charge in [0.1, 0.15) is 0 Å². The Morgan fingerprint density at radius 2 is 1.90 bits per heavy atom. The summed E-state index contributed by atoms with van der Waals surface area (Å²) in [6.45, 7) is 5.12. The lowest BCUT2D eigenvalue weighted by molar-refractivity contribution is 0.276. The summed E-state index contributed by atoms with van der Waals surface area (Å²) in [6.07, 6.45) is 6.71. The van der Waals surface area contributed by atoms with Crippen LogP contribution in [0.15, 0.2) is 28.7 Å². The zero-order valence-electron chi connectivity index (χ0n) is 12.2. The maximum absolute atomic E-state index is 3.72. The van der Waals surface area contributed by atoms with Gasteiger partial charge in [0.2, 0.25) is 0 Å². The normalized spacial score (nSPS) is 26.6. The Kier molecular flexibility index (Phi) is 5.14. The van der Waals surface area contributed by atoms with Crippen LogP contribution in [0.5, 0.6) is 0 Å². The van der Waals surface area contributed by atoms with E-state index < -0.39 is 0 Å². The fourth-order valence-electron chi connectivity index (χ4n) is 3.46. The van der Waals surface area contributed by atoms with Crippen LogP contribution in [0, 0.1) is 0 Å². The molecular formula is C17H25BrN2. The molecular weight excluding hydrogens is 312 g/mol. The number of likely N-dealkylation sites (tertiary alicyclic amines) is 1. The Labute approximate surface area is 131 Å². The number of nitrogens with one attached hydrogen (secondary N) is 1. The average Bonchev–Trinajstić information content (AvgIpc) is 2.91. The summed E-state index contributed by atoms with van der Waals surface area (Å²) in [6, 6.07) is 9.41. The SMILES string of the molecule is Brc1ccccc1C1CC(NCCCN2CCCC2)C1. The van der Waals surface area contributed by atoms with Crippen molar-refractivity contribution in [2.45, 2.75) is 44.1 Å². The van der Waals surface area contributed by atoms with E-state index >= 15 is 0 Å². The first-order valence-electron chi connectivity index (χ1n) is 8.03. The molecule has 0 unspecified atom stereocenters. The molecule has 0 spiro atoms. The van der Waals surface area contributed by atoms with Crippen LogP contribution in [0.1, 0.15) is 43.6 Å². The molecule has 1 aliphatic carbocycles. The van der Waals surface area contributed by atoms with Crippen molar-refractivity contribution in [1.29, 1.82) is 0 Å². The third-order valence-corrected chi connectivity index (χ3v) is 5.49. The number of hydrogen-bond acceptors (Lipinski definition) is 2. The molecule has 2 nitrogen and oxygen atoms in total. The van der Waals surface area contributed by atoms with E-state index in [0.717, 1.165) is 12.0 Å². The third-order valence-electron chi connectivity index (χ3n) is 4.77. The Morgan fingerprint density at radius 1 is 1.15 bits per heavy atom. The van der Waals surface area contributed by atoms with E-state index in [0.29, 0.717) is 0 Å². The lowest BCUT2D eigenvalue weighted by Crippen LogP contribution is -2.41. The predicted octanol–water partition coefficient (Wildman–Crippen LogP) is 3.77. The lowest BCUT2D eigenvalue weighted by atomic mass is 9.76. The highest BCUT2D eigenvalue weighted by molar-refractivity contribution is 9.10. The summed E-state index contributed by atoms with van der Waals surface area (Å²) >= 11 is 3.67. The Hall–Kier alpha value is -0.380. The monoisotopic (exact) mass is 336 g/mol. The molecule has 1 saturated carbocycles. The van der Waals surface area contributed by atoms with E-state index in [9.17, 15) is 0 Å². The van der Waals surface area contributed by atoms with Crippen molar-refractivity contribution in [1.82, 2.24) is 10.2 Å². The molecule has 0 bridgehead atoms. The molecule has 2 fully saturated rings. The van der Waals surface area contributed by atoms with Crippen LogP contribution >= 0.6 is 15.9 Å². The minimum absolute atomic E-state index is 0.741. The van der Waals surface area contributed by atoms with Gasteiger partial charge in [-0.2, -0.15) is 0 Å². The molecule has 110 valence electrons. The summed E-state index contributed by atoms with van der Waals surface area (Å²) in [7, 11) is 0. The number of hydrogen-bond donors (Lipinski definition) is 1. The molecule has 1 heterocycles. The Balaban J connectivity index is 1.31. The molecule has 1 aromatic rings. The summed E-state index contributed by atoms with van der Waals surface area (Å²) in [5.41, 5.74) is 1.49. The highest BCUT2D eigenvalue weighted by Crippen LogP contribution is 2.39. The Morgan fingerprint density at radius 3 is 2.65 bits per heavy atom. The number of halogens is 1. The van der Waals surface area contributed by atoms with Crippen molar-refractivity contribution in [2.24, 2.45) is 0 Å². The van der Waals surface area contributed by atoms with Crippen molar-refractivity contribution in [3.05, 3.63) is 34.3 Å². The van der Waals surface area contributed by atoms with Gasteiger partial charge in [-0.25, -0.2) is 0 Å². The van der Waals surface area contributed by atoms with Crippen LogP contribution in [-0.4, -0.2) is 37.1 Å². The maximum atomic E-state index is 3.72. The fraction of sp³-hybridized carbons (Fsp3) is 0.647. The van der Waals surface area contributed by atoms with E-state index in [2.05, 4.69) is 50.4 Å². The topological polar surface area (TPSA) is 15.3 Å². The van der Waals surface area contributed by atoms with Gasteiger partial charge < -0.3 is 10.2 Å². The molecule has 20 heavy (non-hydrogen) atoms. The van der Waals surface area contributed by atoms with E-state index in [-0.39, 0.29) is 0 Å². The molecule has 3 heteroatoms. The van der Waals surface area contributed by atoms with Crippen molar-refractivity contribution < 1.29 is 0 Å². The second kappa shape index (κ2) is 7.06. The second-order valence-electron chi connectivity index (χ2n) is 6.24. The molecule has 2 aliphatic rings. The lowest BCUT2D eigenvalue weighted by Gasteiger charge is -2.37. The van der Waals surface area contributed by atoms with Gasteiger partial charge in [-0.3, -0.25) is 0 Å². The van der Waals surface area contributed by atoms with Crippen molar-refractivity contribution in [3.8, 4) is 0 Å². The van der Waals surface area contributed by atoms with Crippen LogP contribution in [0.3, 0.4) is 0 Å². The molecule has 0 aromatic heterocycles. The van der Waals surface area contributed by atoms with E-state index in [1.54, 1.807) is 0 Å². The third kappa shape index (κ3) is 3.63. The molecule has 1 saturated heterocycles. The van der Waals surface area contributed by atoms with Crippen LogP contribution < -0.4 is 5.32 Å². The van der Waals surface area contributed by atoms with Gasteiger partial charge in [0.15, 0.2) is 0 Å². The molecule has 0 radical (unpaired) electrons. The van der Waals surface area contributed by atoms with Crippen LogP contribution in [0.25, 0.3) is 0 Å². The van der Waals surface area contributed by atoms with Crippen molar-refractivity contribution in [3.63, 3.8) is 0 Å². The predicted molar refractivity (Wildman–Crippen MR) is 88.2 cm³/mol. The molecule has 1 aromatic carbocycles. The summed E-state index contributed by atoms with van der Waals surface area (Å²) in [4.78, 5) is 2.60. The highest BCUT2D eigenvalue weighted by Gasteiger charge is 2.30. The van der Waals surface area contributed by atoms with Crippen molar-refractivity contribution >= 4 is 15.9 Å². The van der Waals surface area contributed by atoms with Gasteiger partial charge in [-0.05, 0) is 75.8 Å².